The zero-order valence-electron chi connectivity index (χ0n) is 13.1. The Morgan fingerprint density at radius 3 is 2.33 bits per heavy atom. The van der Waals surface area contributed by atoms with Crippen molar-refractivity contribution < 1.29 is 9.59 Å². The third-order valence-corrected chi connectivity index (χ3v) is 2.95. The van der Waals surface area contributed by atoms with E-state index in [1.165, 1.54) is 4.90 Å². The molecule has 0 aromatic heterocycles. The lowest BCUT2D eigenvalue weighted by atomic mass is 10.1. The molecule has 0 fully saturated rings. The molecule has 0 saturated carbocycles. The van der Waals surface area contributed by atoms with Gasteiger partial charge in [-0.05, 0) is 24.1 Å². The number of nitrogens with zero attached hydrogens (tertiary/aromatic N) is 2. The number of anilines is 2. The Balaban J connectivity index is 3.18. The average molecular weight is 292 g/mol. The van der Waals surface area contributed by atoms with E-state index in [1.807, 2.05) is 32.8 Å². The van der Waals surface area contributed by atoms with Crippen LogP contribution in [-0.4, -0.2) is 43.9 Å². The molecule has 1 aromatic carbocycles. The molecule has 4 N–H and O–H groups in total. The minimum atomic E-state index is -0.528. The summed E-state index contributed by atoms with van der Waals surface area (Å²) in [5.74, 6) is -0.532. The maximum absolute atomic E-state index is 12.7. The number of carbonyl (C=O) groups is 2. The van der Waals surface area contributed by atoms with Crippen molar-refractivity contribution in [3.63, 3.8) is 0 Å². The van der Waals surface area contributed by atoms with Crippen LogP contribution >= 0.6 is 0 Å². The summed E-state index contributed by atoms with van der Waals surface area (Å²) in [5.41, 5.74) is 12.8. The van der Waals surface area contributed by atoms with Gasteiger partial charge in [0.25, 0.3) is 5.91 Å². The second-order valence-corrected chi connectivity index (χ2v) is 5.72. The Labute approximate surface area is 125 Å². The van der Waals surface area contributed by atoms with Gasteiger partial charge in [0, 0.05) is 32.0 Å². The van der Waals surface area contributed by atoms with Gasteiger partial charge in [-0.15, -0.1) is 0 Å². The molecule has 0 heterocycles. The molecule has 116 valence electrons. The number of hydrogen-bond acceptors (Lipinski definition) is 4. The van der Waals surface area contributed by atoms with Crippen LogP contribution < -0.4 is 16.4 Å². The van der Waals surface area contributed by atoms with Gasteiger partial charge in [-0.3, -0.25) is 9.59 Å². The van der Waals surface area contributed by atoms with Crippen molar-refractivity contribution in [3.8, 4) is 0 Å². The fourth-order valence-electron chi connectivity index (χ4n) is 2.13. The summed E-state index contributed by atoms with van der Waals surface area (Å²) in [6, 6.07) is 5.17. The summed E-state index contributed by atoms with van der Waals surface area (Å²) in [5, 5.41) is 0. The summed E-state index contributed by atoms with van der Waals surface area (Å²) in [6.07, 6.45) is 0. The lowest BCUT2D eigenvalue weighted by Crippen LogP contribution is -2.41. The molecule has 0 aliphatic heterocycles. The molecule has 6 heteroatoms. The SMILES string of the molecule is CC(C)CN(CC(N)=O)C(=O)c1cc(N)ccc1N(C)C. The van der Waals surface area contributed by atoms with E-state index < -0.39 is 5.91 Å². The number of nitrogen functional groups attached to an aromatic ring is 1. The molecule has 0 atom stereocenters. The molecule has 0 aliphatic carbocycles. The molecule has 6 nitrogen and oxygen atoms in total. The number of nitrogens with two attached hydrogens (primary N) is 2. The fraction of sp³-hybridized carbons (Fsp3) is 0.467. The highest BCUT2D eigenvalue weighted by atomic mass is 16.2. The number of benzene rings is 1. The molecule has 0 saturated heterocycles. The Morgan fingerprint density at radius 2 is 1.86 bits per heavy atom. The van der Waals surface area contributed by atoms with Crippen LogP contribution in [0, 0.1) is 5.92 Å². The zero-order chi connectivity index (χ0) is 16.2. The van der Waals surface area contributed by atoms with Crippen LogP contribution in [0.3, 0.4) is 0 Å². The van der Waals surface area contributed by atoms with Gasteiger partial charge in [0.05, 0.1) is 12.1 Å². The van der Waals surface area contributed by atoms with E-state index >= 15 is 0 Å². The molecule has 0 aliphatic rings. The Morgan fingerprint density at radius 1 is 1.24 bits per heavy atom. The summed E-state index contributed by atoms with van der Waals surface area (Å²) >= 11 is 0. The quantitative estimate of drug-likeness (QED) is 0.762. The zero-order valence-corrected chi connectivity index (χ0v) is 13.1. The van der Waals surface area contributed by atoms with Gasteiger partial charge in [-0.25, -0.2) is 0 Å². The Kier molecular flexibility index (Phi) is 5.58. The van der Waals surface area contributed by atoms with Crippen molar-refractivity contribution in [2.75, 3.05) is 37.8 Å². The highest BCUT2D eigenvalue weighted by molar-refractivity contribution is 6.02. The molecule has 1 rings (SSSR count). The van der Waals surface area contributed by atoms with E-state index in [0.717, 1.165) is 5.69 Å². The fourth-order valence-corrected chi connectivity index (χ4v) is 2.13. The van der Waals surface area contributed by atoms with Crippen LogP contribution in [0.1, 0.15) is 24.2 Å². The minimum Gasteiger partial charge on any atom is -0.399 e. The number of carbonyl (C=O) groups excluding carboxylic acids is 2. The molecule has 0 bridgehead atoms. The van der Waals surface area contributed by atoms with Crippen molar-refractivity contribution in [3.05, 3.63) is 23.8 Å². The number of primary amides is 1. The van der Waals surface area contributed by atoms with Crippen LogP contribution in [0.25, 0.3) is 0 Å². The van der Waals surface area contributed by atoms with Gasteiger partial charge >= 0.3 is 0 Å². The van der Waals surface area contributed by atoms with E-state index in [1.54, 1.807) is 18.2 Å². The monoisotopic (exact) mass is 292 g/mol. The first kappa shape index (κ1) is 16.8. The van der Waals surface area contributed by atoms with E-state index in [2.05, 4.69) is 0 Å². The molecular formula is C15H24N4O2. The summed E-state index contributed by atoms with van der Waals surface area (Å²) < 4.78 is 0. The lowest BCUT2D eigenvalue weighted by molar-refractivity contribution is -0.118. The third kappa shape index (κ3) is 4.66. The topological polar surface area (TPSA) is 92.7 Å². The van der Waals surface area contributed by atoms with Crippen molar-refractivity contribution >= 4 is 23.2 Å². The van der Waals surface area contributed by atoms with Crippen molar-refractivity contribution in [1.29, 1.82) is 0 Å². The first-order valence-corrected chi connectivity index (χ1v) is 6.86. The Bertz CT molecular complexity index is 526. The second-order valence-electron chi connectivity index (χ2n) is 5.72. The molecule has 0 unspecified atom stereocenters. The summed E-state index contributed by atoms with van der Waals surface area (Å²) in [6.45, 7) is 4.32. The maximum Gasteiger partial charge on any atom is 0.256 e. The van der Waals surface area contributed by atoms with E-state index in [0.29, 0.717) is 17.8 Å². The predicted molar refractivity (Wildman–Crippen MR) is 85.1 cm³/mol. The molecule has 2 amide bonds. The highest BCUT2D eigenvalue weighted by Gasteiger charge is 2.22. The van der Waals surface area contributed by atoms with Crippen molar-refractivity contribution in [2.45, 2.75) is 13.8 Å². The van der Waals surface area contributed by atoms with Crippen molar-refractivity contribution in [1.82, 2.24) is 4.90 Å². The van der Waals surface area contributed by atoms with E-state index in [-0.39, 0.29) is 18.4 Å². The van der Waals surface area contributed by atoms with Gasteiger partial charge in [0.2, 0.25) is 5.91 Å². The van der Waals surface area contributed by atoms with Crippen LogP contribution in [0.4, 0.5) is 11.4 Å². The normalized spacial score (nSPS) is 10.5. The number of amides is 2. The third-order valence-electron chi connectivity index (χ3n) is 2.95. The molecule has 0 radical (unpaired) electrons. The van der Waals surface area contributed by atoms with Gasteiger partial charge in [-0.2, -0.15) is 0 Å². The summed E-state index contributed by atoms with van der Waals surface area (Å²) in [7, 11) is 3.70. The molecule has 1 aromatic rings. The first-order chi connectivity index (χ1) is 9.72. The predicted octanol–water partition coefficient (Wildman–Crippen LogP) is 0.918. The van der Waals surface area contributed by atoms with Gasteiger partial charge in [0.1, 0.15) is 0 Å². The largest absolute Gasteiger partial charge is 0.399 e. The number of hydrogen-bond donors (Lipinski definition) is 2. The van der Waals surface area contributed by atoms with Crippen LogP contribution in [0.5, 0.6) is 0 Å². The number of rotatable bonds is 6. The lowest BCUT2D eigenvalue weighted by Gasteiger charge is -2.26. The molecular weight excluding hydrogens is 268 g/mol. The Hall–Kier alpha value is -2.24. The minimum absolute atomic E-state index is 0.0985. The molecule has 0 spiro atoms. The smallest absolute Gasteiger partial charge is 0.256 e. The van der Waals surface area contributed by atoms with Crippen LogP contribution in [0.2, 0.25) is 0 Å². The van der Waals surface area contributed by atoms with Gasteiger partial charge < -0.3 is 21.3 Å². The highest BCUT2D eigenvalue weighted by Crippen LogP contribution is 2.23. The van der Waals surface area contributed by atoms with Gasteiger partial charge in [-0.1, -0.05) is 13.8 Å². The van der Waals surface area contributed by atoms with Crippen molar-refractivity contribution in [2.24, 2.45) is 11.7 Å². The van der Waals surface area contributed by atoms with Crippen LogP contribution in [-0.2, 0) is 4.79 Å². The van der Waals surface area contributed by atoms with E-state index in [9.17, 15) is 9.59 Å². The van der Waals surface area contributed by atoms with Gasteiger partial charge in [0.15, 0.2) is 0 Å². The standard InChI is InChI=1S/C15H24N4O2/c1-10(2)8-19(9-14(17)20)15(21)12-7-11(16)5-6-13(12)18(3)4/h5-7,10H,8-9,16H2,1-4H3,(H2,17,20). The van der Waals surface area contributed by atoms with Crippen LogP contribution in [0.15, 0.2) is 18.2 Å². The molecule has 21 heavy (non-hydrogen) atoms. The second kappa shape index (κ2) is 6.97. The van der Waals surface area contributed by atoms with E-state index in [4.69, 9.17) is 11.5 Å². The average Bonchev–Trinajstić information content (AvgIpc) is 2.35. The maximum atomic E-state index is 12.7. The summed E-state index contributed by atoms with van der Waals surface area (Å²) in [4.78, 5) is 27.2. The first-order valence-electron chi connectivity index (χ1n) is 6.86.